The Morgan fingerprint density at radius 3 is 1.73 bits per heavy atom. The maximum Gasteiger partial charge on any atom is 0.158 e. The summed E-state index contributed by atoms with van der Waals surface area (Å²) in [6.45, 7) is 0. The lowest BCUT2D eigenvalue weighted by Gasteiger charge is -2.15. The highest BCUT2D eigenvalue weighted by Crippen LogP contribution is 2.45. The van der Waals surface area contributed by atoms with Crippen molar-refractivity contribution in [2.45, 2.75) is 12.0 Å². The van der Waals surface area contributed by atoms with Crippen LogP contribution < -0.4 is 5.32 Å². The molecule has 1 aliphatic heterocycles. The number of nitrogens with one attached hydrogen (secondary N) is 1. The maximum absolute atomic E-state index is 6.26. The van der Waals surface area contributed by atoms with E-state index in [-0.39, 0.29) is 0 Å². The predicted octanol–water partition coefficient (Wildman–Crippen LogP) is 13.2. The van der Waals surface area contributed by atoms with Crippen molar-refractivity contribution in [2.24, 2.45) is 0 Å². The first kappa shape index (κ1) is 29.3. The minimum absolute atomic E-state index is 0.355. The first-order valence-corrected chi connectivity index (χ1v) is 17.5. The molecular weight excluding hydrogens is 623 g/mol. The summed E-state index contributed by atoms with van der Waals surface area (Å²) >= 11 is 0. The fourth-order valence-electron chi connectivity index (χ4n) is 7.79. The van der Waals surface area contributed by atoms with Gasteiger partial charge in [0.25, 0.3) is 0 Å². The van der Waals surface area contributed by atoms with Gasteiger partial charge in [-0.05, 0) is 57.6 Å². The lowest BCUT2D eigenvalue weighted by atomic mass is 9.91. The third-order valence-corrected chi connectivity index (χ3v) is 10.3. The van der Waals surface area contributed by atoms with Crippen molar-refractivity contribution >= 4 is 49.6 Å². The van der Waals surface area contributed by atoms with E-state index in [2.05, 4.69) is 163 Å². The molecule has 3 nitrogen and oxygen atoms in total. The van der Waals surface area contributed by atoms with Crippen LogP contribution in [0.2, 0.25) is 0 Å². The molecule has 0 saturated heterocycles. The number of fused-ring (bicyclic) bond motifs is 10. The van der Waals surface area contributed by atoms with Crippen LogP contribution >= 0.6 is 0 Å². The summed E-state index contributed by atoms with van der Waals surface area (Å²) in [6, 6.07) is 55.6. The van der Waals surface area contributed by atoms with Gasteiger partial charge in [-0.25, -0.2) is 0 Å². The van der Waals surface area contributed by atoms with E-state index in [1.807, 2.05) is 24.3 Å². The lowest BCUT2D eigenvalue weighted by molar-refractivity contribution is 0.669. The van der Waals surface area contributed by atoms with E-state index >= 15 is 0 Å². The van der Waals surface area contributed by atoms with Crippen LogP contribution in [-0.4, -0.2) is 6.04 Å². The number of anilines is 1. The second-order valence-electron chi connectivity index (χ2n) is 13.3. The van der Waals surface area contributed by atoms with E-state index in [4.69, 9.17) is 8.83 Å². The van der Waals surface area contributed by atoms with Crippen LogP contribution in [0.3, 0.4) is 0 Å². The summed E-state index contributed by atoms with van der Waals surface area (Å²) in [5.74, 6) is 0.424. The largest absolute Gasteiger partial charge is 0.455 e. The summed E-state index contributed by atoms with van der Waals surface area (Å²) in [4.78, 5) is 0. The molecule has 1 aliphatic carbocycles. The predicted molar refractivity (Wildman–Crippen MR) is 212 cm³/mol. The third kappa shape index (κ3) is 5.05. The molecule has 0 fully saturated rings. The fraction of sp³-hybridized carbons (Fsp3) is 0.0417. The molecule has 7 aromatic carbocycles. The molecule has 3 heteroatoms. The van der Waals surface area contributed by atoms with Gasteiger partial charge in [-0.1, -0.05) is 158 Å². The highest BCUT2D eigenvalue weighted by atomic mass is 16.3. The van der Waals surface area contributed by atoms with Gasteiger partial charge >= 0.3 is 0 Å². The molecule has 2 aliphatic rings. The summed E-state index contributed by atoms with van der Waals surface area (Å²) in [5.41, 5.74) is 13.4. The van der Waals surface area contributed by atoms with Gasteiger partial charge < -0.3 is 14.2 Å². The van der Waals surface area contributed by atoms with Crippen LogP contribution in [0.25, 0.3) is 77.3 Å². The molecule has 0 saturated carbocycles. The van der Waals surface area contributed by atoms with Gasteiger partial charge in [0.05, 0.1) is 11.7 Å². The van der Waals surface area contributed by atoms with Gasteiger partial charge in [0.1, 0.15) is 16.7 Å². The van der Waals surface area contributed by atoms with Crippen molar-refractivity contribution in [1.29, 1.82) is 0 Å². The molecule has 0 radical (unpaired) electrons. The summed E-state index contributed by atoms with van der Waals surface area (Å²) in [5, 5.41) is 8.30. The number of benzene rings is 7. The highest BCUT2D eigenvalue weighted by Gasteiger charge is 2.32. The second kappa shape index (κ2) is 12.1. The first-order chi connectivity index (χ1) is 25.3. The molecule has 2 atom stereocenters. The molecule has 0 spiro atoms. The molecule has 2 aromatic heterocycles. The fourth-order valence-corrected chi connectivity index (χ4v) is 7.79. The van der Waals surface area contributed by atoms with Gasteiger partial charge in [0.15, 0.2) is 5.58 Å². The molecular formula is C48H33NO2. The quantitative estimate of drug-likeness (QED) is 0.206. The third-order valence-electron chi connectivity index (χ3n) is 10.3. The van der Waals surface area contributed by atoms with E-state index in [0.29, 0.717) is 12.0 Å². The summed E-state index contributed by atoms with van der Waals surface area (Å²) in [7, 11) is 0. The molecule has 0 amide bonds. The van der Waals surface area contributed by atoms with Crippen molar-refractivity contribution in [1.82, 2.24) is 0 Å². The van der Waals surface area contributed by atoms with E-state index in [1.54, 1.807) is 0 Å². The minimum Gasteiger partial charge on any atom is -0.455 e. The lowest BCUT2D eigenvalue weighted by Crippen LogP contribution is -2.17. The zero-order chi connectivity index (χ0) is 33.7. The van der Waals surface area contributed by atoms with Crippen molar-refractivity contribution in [3.63, 3.8) is 0 Å². The second-order valence-corrected chi connectivity index (χ2v) is 13.3. The van der Waals surface area contributed by atoms with Crippen LogP contribution in [0.15, 0.2) is 191 Å². The number of allylic oxidation sites excluding steroid dienone is 2. The van der Waals surface area contributed by atoms with E-state index in [0.717, 1.165) is 49.9 Å². The molecule has 0 bridgehead atoms. The van der Waals surface area contributed by atoms with Gasteiger partial charge in [-0.3, -0.25) is 0 Å². The number of hydrogen-bond donors (Lipinski definition) is 1. The van der Waals surface area contributed by atoms with Crippen molar-refractivity contribution < 1.29 is 8.83 Å². The Kier molecular flexibility index (Phi) is 6.95. The summed E-state index contributed by atoms with van der Waals surface area (Å²) < 4.78 is 12.4. The van der Waals surface area contributed by atoms with Gasteiger partial charge in [0.2, 0.25) is 0 Å². The number of rotatable bonds is 3. The standard InChI is InChI=1S/C30H20O.C18H13NO/c1-2-9-21(10-3-1)22-11-6-12-23(19-22)24-13-7-14-25(20-24)26-16-8-17-28-27-15-4-5-18-29(27)31-30(26)28;1-3-7-15-11(5-1)13-9-10-14-12-6-2-4-8-16(12)20-18(14)17(13)19-15/h1-20H;1-11,15,19H. The first-order valence-electron chi connectivity index (χ1n) is 17.5. The van der Waals surface area contributed by atoms with Crippen molar-refractivity contribution in [2.75, 3.05) is 5.32 Å². The average Bonchev–Trinajstić information content (AvgIpc) is 3.90. The Hall–Kier alpha value is -6.58. The average molecular weight is 656 g/mol. The molecule has 11 rings (SSSR count). The van der Waals surface area contributed by atoms with Crippen LogP contribution in [0, 0.1) is 0 Å². The van der Waals surface area contributed by atoms with E-state index in [9.17, 15) is 0 Å². The molecule has 242 valence electrons. The molecule has 2 unspecified atom stereocenters. The summed E-state index contributed by atoms with van der Waals surface area (Å²) in [6.07, 6.45) is 8.72. The molecule has 51 heavy (non-hydrogen) atoms. The number of hydrogen-bond acceptors (Lipinski definition) is 3. The Balaban J connectivity index is 0.000000140. The monoisotopic (exact) mass is 655 g/mol. The van der Waals surface area contributed by atoms with Crippen molar-refractivity contribution in [3.05, 3.63) is 188 Å². The van der Waals surface area contributed by atoms with Crippen molar-refractivity contribution in [3.8, 4) is 33.4 Å². The Bertz CT molecular complexity index is 2800. The molecule has 9 aromatic rings. The normalized spacial score (nSPS) is 15.8. The van der Waals surface area contributed by atoms with Crippen LogP contribution in [0.4, 0.5) is 5.69 Å². The highest BCUT2D eigenvalue weighted by molar-refractivity contribution is 6.11. The van der Waals surface area contributed by atoms with Gasteiger partial charge in [0, 0.05) is 33.0 Å². The van der Waals surface area contributed by atoms with E-state index < -0.39 is 0 Å². The van der Waals surface area contributed by atoms with Crippen LogP contribution in [0.1, 0.15) is 11.5 Å². The van der Waals surface area contributed by atoms with E-state index in [1.165, 1.54) is 38.6 Å². The number of para-hydroxylation sites is 3. The van der Waals surface area contributed by atoms with Crippen LogP contribution in [0.5, 0.6) is 0 Å². The minimum atomic E-state index is 0.355. The zero-order valence-electron chi connectivity index (χ0n) is 27.8. The topological polar surface area (TPSA) is 38.3 Å². The molecule has 1 N–H and O–H groups in total. The molecule has 3 heterocycles. The Morgan fingerprint density at radius 1 is 0.412 bits per heavy atom. The van der Waals surface area contributed by atoms with Crippen LogP contribution in [-0.2, 0) is 0 Å². The maximum atomic E-state index is 6.26. The van der Waals surface area contributed by atoms with Gasteiger partial charge in [-0.15, -0.1) is 0 Å². The zero-order valence-corrected chi connectivity index (χ0v) is 27.8. The Labute approximate surface area is 295 Å². The Morgan fingerprint density at radius 2 is 0.961 bits per heavy atom. The van der Waals surface area contributed by atoms with Gasteiger partial charge in [-0.2, -0.15) is 0 Å². The number of furan rings is 2. The smallest absolute Gasteiger partial charge is 0.158 e. The SMILES string of the molecule is C1=CC2Nc3c(ccc4c3oc3ccccc34)C2C=C1.c1ccc(-c2cccc(-c3cccc(-c4cccc5c4oc4ccccc45)c3)c2)cc1.